The zero-order chi connectivity index (χ0) is 12.5. The van der Waals surface area contributed by atoms with Gasteiger partial charge in [-0.25, -0.2) is 0 Å². The number of aromatic nitrogens is 2. The first-order valence-corrected chi connectivity index (χ1v) is 6.50. The van der Waals surface area contributed by atoms with Gasteiger partial charge >= 0.3 is 0 Å². The summed E-state index contributed by atoms with van der Waals surface area (Å²) in [5.41, 5.74) is 0.709. The lowest BCUT2D eigenvalue weighted by Crippen LogP contribution is -2.07. The third-order valence-corrected chi connectivity index (χ3v) is 2.61. The Bertz CT molecular complexity index is 336. The lowest BCUT2D eigenvalue weighted by molar-refractivity contribution is 0.131. The molecular weight excluding hydrogens is 261 g/mol. The van der Waals surface area contributed by atoms with E-state index in [-0.39, 0.29) is 0 Å². The Balaban J connectivity index is 2.15. The summed E-state index contributed by atoms with van der Waals surface area (Å²) in [6.45, 7) is 4.50. The molecule has 1 rings (SSSR count). The average molecular weight is 278 g/mol. The van der Waals surface area contributed by atoms with Gasteiger partial charge in [-0.05, 0) is 12.8 Å². The van der Waals surface area contributed by atoms with Gasteiger partial charge in [-0.3, -0.25) is 0 Å². The van der Waals surface area contributed by atoms with E-state index in [1.54, 1.807) is 6.07 Å². The van der Waals surface area contributed by atoms with Crippen LogP contribution < -0.4 is 5.32 Å². The number of ether oxygens (including phenoxy) is 1. The molecule has 0 aromatic carbocycles. The van der Waals surface area contributed by atoms with Crippen molar-refractivity contribution in [1.82, 2.24) is 10.2 Å². The molecule has 0 bridgehead atoms. The minimum atomic E-state index is 0.330. The minimum absolute atomic E-state index is 0.330. The molecule has 0 saturated carbocycles. The number of hydrogen-bond acceptors (Lipinski definition) is 4. The van der Waals surface area contributed by atoms with E-state index in [9.17, 15) is 0 Å². The van der Waals surface area contributed by atoms with Crippen molar-refractivity contribution in [3.8, 4) is 0 Å². The lowest BCUT2D eigenvalue weighted by Gasteiger charge is -2.07. The van der Waals surface area contributed by atoms with E-state index in [2.05, 4.69) is 22.4 Å². The van der Waals surface area contributed by atoms with Gasteiger partial charge in [0.2, 0.25) is 0 Å². The van der Waals surface area contributed by atoms with E-state index in [0.717, 1.165) is 39.0 Å². The van der Waals surface area contributed by atoms with Crippen LogP contribution in [0.2, 0.25) is 10.3 Å². The molecule has 0 radical (unpaired) electrons. The summed E-state index contributed by atoms with van der Waals surface area (Å²) < 4.78 is 5.44. The van der Waals surface area contributed by atoms with Gasteiger partial charge < -0.3 is 10.1 Å². The molecular formula is C11H17Cl2N3O. The molecule has 0 unspecified atom stereocenters. The molecule has 0 aliphatic carbocycles. The minimum Gasteiger partial charge on any atom is -0.382 e. The van der Waals surface area contributed by atoms with Crippen LogP contribution in [0.4, 0.5) is 5.69 Å². The maximum atomic E-state index is 5.85. The predicted molar refractivity (Wildman–Crippen MR) is 70.9 cm³/mol. The maximum absolute atomic E-state index is 5.85. The van der Waals surface area contributed by atoms with Crippen molar-refractivity contribution in [2.45, 2.75) is 26.2 Å². The van der Waals surface area contributed by atoms with Crippen LogP contribution in [0.3, 0.4) is 0 Å². The molecule has 4 nitrogen and oxygen atoms in total. The molecule has 0 aliphatic heterocycles. The second-order valence-electron chi connectivity index (χ2n) is 3.62. The van der Waals surface area contributed by atoms with Crippen molar-refractivity contribution in [2.75, 3.05) is 25.1 Å². The van der Waals surface area contributed by atoms with Crippen molar-refractivity contribution < 1.29 is 4.74 Å². The number of unbranched alkanes of at least 4 members (excludes halogenated alkanes) is 1. The molecule has 1 heterocycles. The van der Waals surface area contributed by atoms with Crippen molar-refractivity contribution in [3.63, 3.8) is 0 Å². The zero-order valence-corrected chi connectivity index (χ0v) is 11.4. The molecule has 1 N–H and O–H groups in total. The monoisotopic (exact) mass is 277 g/mol. The van der Waals surface area contributed by atoms with Gasteiger partial charge in [0.05, 0.1) is 5.69 Å². The third kappa shape index (κ3) is 6.05. The first-order valence-electron chi connectivity index (χ1n) is 5.74. The summed E-state index contributed by atoms with van der Waals surface area (Å²) in [5.74, 6) is 0. The van der Waals surface area contributed by atoms with Gasteiger partial charge in [0.1, 0.15) is 0 Å². The Hall–Kier alpha value is -0.580. The van der Waals surface area contributed by atoms with Crippen LogP contribution in [0, 0.1) is 0 Å². The molecule has 17 heavy (non-hydrogen) atoms. The van der Waals surface area contributed by atoms with E-state index in [1.807, 2.05) is 0 Å². The van der Waals surface area contributed by atoms with Crippen LogP contribution in [0.5, 0.6) is 0 Å². The fraction of sp³-hybridized carbons (Fsp3) is 0.636. The molecule has 6 heteroatoms. The highest BCUT2D eigenvalue weighted by molar-refractivity contribution is 6.33. The molecule has 0 saturated heterocycles. The van der Waals surface area contributed by atoms with Crippen molar-refractivity contribution >= 4 is 28.9 Å². The fourth-order valence-corrected chi connectivity index (χ4v) is 1.53. The second-order valence-corrected chi connectivity index (χ2v) is 4.36. The number of nitrogens with one attached hydrogen (secondary N) is 1. The Labute approximate surface area is 112 Å². The number of rotatable bonds is 8. The molecule has 96 valence electrons. The number of hydrogen-bond donors (Lipinski definition) is 1. The smallest absolute Gasteiger partial charge is 0.174 e. The summed E-state index contributed by atoms with van der Waals surface area (Å²) in [6, 6.07) is 1.66. The molecule has 0 amide bonds. The Kier molecular flexibility index (Phi) is 7.24. The van der Waals surface area contributed by atoms with Crippen molar-refractivity contribution in [2.24, 2.45) is 0 Å². The van der Waals surface area contributed by atoms with Gasteiger partial charge in [-0.1, -0.05) is 36.5 Å². The normalized spacial score (nSPS) is 10.5. The maximum Gasteiger partial charge on any atom is 0.174 e. The first kappa shape index (κ1) is 14.5. The summed E-state index contributed by atoms with van der Waals surface area (Å²) in [6.07, 6.45) is 3.19. The molecule has 0 atom stereocenters. The standard InChI is InChI=1S/C11H17Cl2N3O/c1-2-3-6-17-7-4-5-14-9-8-10(12)15-16-11(9)13/h8H,2-7H2,1H3,(H,14,15). The van der Waals surface area contributed by atoms with Crippen LogP contribution >= 0.6 is 23.2 Å². The van der Waals surface area contributed by atoms with Crippen LogP contribution in [-0.4, -0.2) is 30.0 Å². The van der Waals surface area contributed by atoms with Gasteiger partial charge in [-0.15, -0.1) is 10.2 Å². The van der Waals surface area contributed by atoms with E-state index in [4.69, 9.17) is 27.9 Å². The fourth-order valence-electron chi connectivity index (χ4n) is 1.22. The van der Waals surface area contributed by atoms with E-state index in [0.29, 0.717) is 16.0 Å². The number of nitrogens with zero attached hydrogens (tertiary/aromatic N) is 2. The molecule has 0 spiro atoms. The largest absolute Gasteiger partial charge is 0.382 e. The second kappa shape index (κ2) is 8.50. The Morgan fingerprint density at radius 3 is 2.76 bits per heavy atom. The molecule has 0 aliphatic rings. The van der Waals surface area contributed by atoms with Crippen molar-refractivity contribution in [3.05, 3.63) is 16.4 Å². The molecule has 1 aromatic heterocycles. The van der Waals surface area contributed by atoms with Crippen LogP contribution in [0.1, 0.15) is 26.2 Å². The van der Waals surface area contributed by atoms with Gasteiger partial charge in [-0.2, -0.15) is 0 Å². The Morgan fingerprint density at radius 1 is 1.24 bits per heavy atom. The van der Waals surface area contributed by atoms with Crippen LogP contribution in [0.25, 0.3) is 0 Å². The predicted octanol–water partition coefficient (Wildman–Crippen LogP) is 3.40. The summed E-state index contributed by atoms with van der Waals surface area (Å²) in [5, 5.41) is 11.2. The van der Waals surface area contributed by atoms with E-state index < -0.39 is 0 Å². The first-order chi connectivity index (χ1) is 8.24. The van der Waals surface area contributed by atoms with E-state index in [1.165, 1.54) is 0 Å². The highest BCUT2D eigenvalue weighted by Gasteiger charge is 2.02. The zero-order valence-electron chi connectivity index (χ0n) is 9.88. The van der Waals surface area contributed by atoms with E-state index >= 15 is 0 Å². The summed E-state index contributed by atoms with van der Waals surface area (Å²) >= 11 is 11.6. The molecule has 0 fully saturated rings. The molecule has 1 aromatic rings. The Morgan fingerprint density at radius 2 is 2.00 bits per heavy atom. The highest BCUT2D eigenvalue weighted by Crippen LogP contribution is 2.20. The van der Waals surface area contributed by atoms with Crippen molar-refractivity contribution in [1.29, 1.82) is 0 Å². The van der Waals surface area contributed by atoms with Gasteiger partial charge in [0, 0.05) is 25.8 Å². The summed E-state index contributed by atoms with van der Waals surface area (Å²) in [7, 11) is 0. The number of anilines is 1. The SMILES string of the molecule is CCCCOCCCNc1cc(Cl)nnc1Cl. The number of halogens is 2. The summed E-state index contributed by atoms with van der Waals surface area (Å²) in [4.78, 5) is 0. The highest BCUT2D eigenvalue weighted by atomic mass is 35.5. The lowest BCUT2D eigenvalue weighted by atomic mass is 10.3. The topological polar surface area (TPSA) is 47.0 Å². The van der Waals surface area contributed by atoms with Crippen LogP contribution in [-0.2, 0) is 4.74 Å². The van der Waals surface area contributed by atoms with Crippen LogP contribution in [0.15, 0.2) is 6.07 Å². The average Bonchev–Trinajstić information content (AvgIpc) is 2.32. The van der Waals surface area contributed by atoms with Gasteiger partial charge in [0.15, 0.2) is 10.3 Å². The third-order valence-electron chi connectivity index (χ3n) is 2.14. The van der Waals surface area contributed by atoms with Gasteiger partial charge in [0.25, 0.3) is 0 Å². The quantitative estimate of drug-likeness (QED) is 0.740.